The molecule has 0 bridgehead atoms. The first-order valence-electron chi connectivity index (χ1n) is 6.70. The number of carbonyl (C=O) groups excluding carboxylic acids is 1. The van der Waals surface area contributed by atoms with Crippen molar-refractivity contribution in [3.8, 4) is 5.75 Å². The smallest absolute Gasteiger partial charge is 0.176 e. The molecule has 4 heteroatoms. The Hall–Kier alpha value is -1.39. The van der Waals surface area contributed by atoms with Gasteiger partial charge in [-0.05, 0) is 37.6 Å². The lowest BCUT2D eigenvalue weighted by Gasteiger charge is -2.20. The van der Waals surface area contributed by atoms with E-state index in [9.17, 15) is 4.79 Å². The predicted molar refractivity (Wildman–Crippen MR) is 73.8 cm³/mol. The van der Waals surface area contributed by atoms with Crippen molar-refractivity contribution >= 4 is 5.78 Å². The molecule has 0 aliphatic carbocycles. The highest BCUT2D eigenvalue weighted by atomic mass is 16.5. The lowest BCUT2D eigenvalue weighted by molar-refractivity contribution is 0.0657. The van der Waals surface area contributed by atoms with Crippen LogP contribution in [0.15, 0.2) is 24.3 Å². The molecular weight excluding hydrogens is 242 g/mol. The largest absolute Gasteiger partial charge is 0.497 e. The van der Waals surface area contributed by atoms with Gasteiger partial charge in [-0.2, -0.15) is 0 Å². The molecule has 1 aliphatic rings. The van der Waals surface area contributed by atoms with Crippen molar-refractivity contribution in [2.75, 3.05) is 33.4 Å². The summed E-state index contributed by atoms with van der Waals surface area (Å²) in [5.41, 5.74) is 0.735. The van der Waals surface area contributed by atoms with Crippen LogP contribution < -0.4 is 4.74 Å². The molecule has 1 aromatic carbocycles. The predicted octanol–water partition coefficient (Wildman–Crippen LogP) is 1.99. The standard InChI is InChI=1S/C15H21NO3/c1-12-10-16(8-3-9-19-12)11-15(17)13-4-6-14(18-2)7-5-13/h4-7,12H,3,8-11H2,1-2H3. The number of hydrogen-bond acceptors (Lipinski definition) is 4. The van der Waals surface area contributed by atoms with E-state index >= 15 is 0 Å². The van der Waals surface area contributed by atoms with Crippen LogP contribution in [0.25, 0.3) is 0 Å². The molecular formula is C15H21NO3. The average Bonchev–Trinajstić information content (AvgIpc) is 2.63. The van der Waals surface area contributed by atoms with E-state index in [4.69, 9.17) is 9.47 Å². The molecule has 0 saturated carbocycles. The minimum Gasteiger partial charge on any atom is -0.497 e. The summed E-state index contributed by atoms with van der Waals surface area (Å²) >= 11 is 0. The number of Topliss-reactive ketones (excluding diaryl/α,β-unsaturated/α-hetero) is 1. The zero-order valence-electron chi connectivity index (χ0n) is 11.6. The number of rotatable bonds is 4. The molecule has 1 heterocycles. The molecule has 19 heavy (non-hydrogen) atoms. The van der Waals surface area contributed by atoms with Crippen molar-refractivity contribution in [3.05, 3.63) is 29.8 Å². The van der Waals surface area contributed by atoms with E-state index in [0.717, 1.165) is 37.4 Å². The number of carbonyl (C=O) groups is 1. The Morgan fingerprint density at radius 3 is 2.84 bits per heavy atom. The number of hydrogen-bond donors (Lipinski definition) is 0. The third kappa shape index (κ3) is 4.04. The van der Waals surface area contributed by atoms with Crippen molar-refractivity contribution in [3.63, 3.8) is 0 Å². The second-order valence-electron chi connectivity index (χ2n) is 4.92. The summed E-state index contributed by atoms with van der Waals surface area (Å²) in [7, 11) is 1.62. The highest BCUT2D eigenvalue weighted by Gasteiger charge is 2.18. The summed E-state index contributed by atoms with van der Waals surface area (Å²) in [6.07, 6.45) is 1.19. The second kappa shape index (κ2) is 6.68. The normalized spacial score (nSPS) is 20.8. The van der Waals surface area contributed by atoms with Crippen molar-refractivity contribution in [2.24, 2.45) is 0 Å². The summed E-state index contributed by atoms with van der Waals surface area (Å²) < 4.78 is 10.7. The maximum atomic E-state index is 12.2. The number of benzene rings is 1. The maximum absolute atomic E-state index is 12.2. The fraction of sp³-hybridized carbons (Fsp3) is 0.533. The fourth-order valence-electron chi connectivity index (χ4n) is 2.30. The van der Waals surface area contributed by atoms with Gasteiger partial charge >= 0.3 is 0 Å². The molecule has 1 unspecified atom stereocenters. The first-order chi connectivity index (χ1) is 9.19. The van der Waals surface area contributed by atoms with Crippen LogP contribution in [-0.2, 0) is 4.74 Å². The minimum atomic E-state index is 0.150. The molecule has 1 atom stereocenters. The third-order valence-corrected chi connectivity index (χ3v) is 3.32. The van der Waals surface area contributed by atoms with Gasteiger partial charge in [-0.15, -0.1) is 0 Å². The van der Waals surface area contributed by atoms with Gasteiger partial charge < -0.3 is 9.47 Å². The van der Waals surface area contributed by atoms with Crippen LogP contribution in [0.5, 0.6) is 5.75 Å². The first kappa shape index (κ1) is 14.0. The molecule has 104 valence electrons. The molecule has 0 amide bonds. The van der Waals surface area contributed by atoms with Crippen molar-refractivity contribution < 1.29 is 14.3 Å². The van der Waals surface area contributed by atoms with Crippen molar-refractivity contribution in [2.45, 2.75) is 19.4 Å². The Kier molecular flexibility index (Phi) is 4.93. The van der Waals surface area contributed by atoms with Gasteiger partial charge in [0.2, 0.25) is 0 Å². The quantitative estimate of drug-likeness (QED) is 0.779. The minimum absolute atomic E-state index is 0.150. The van der Waals surface area contributed by atoms with Gasteiger partial charge in [0.1, 0.15) is 5.75 Å². The van der Waals surface area contributed by atoms with E-state index in [1.54, 1.807) is 7.11 Å². The summed E-state index contributed by atoms with van der Waals surface area (Å²) in [4.78, 5) is 14.4. The molecule has 0 radical (unpaired) electrons. The topological polar surface area (TPSA) is 38.8 Å². The average molecular weight is 263 g/mol. The van der Waals surface area contributed by atoms with Crippen LogP contribution in [0.1, 0.15) is 23.7 Å². The Bertz CT molecular complexity index is 416. The maximum Gasteiger partial charge on any atom is 0.176 e. The molecule has 0 N–H and O–H groups in total. The molecule has 0 aromatic heterocycles. The van der Waals surface area contributed by atoms with Crippen LogP contribution >= 0.6 is 0 Å². The summed E-state index contributed by atoms with van der Waals surface area (Å²) in [6.45, 7) is 5.04. The highest BCUT2D eigenvalue weighted by Crippen LogP contribution is 2.13. The Morgan fingerprint density at radius 1 is 1.42 bits per heavy atom. The number of ether oxygens (including phenoxy) is 2. The Morgan fingerprint density at radius 2 is 2.16 bits per heavy atom. The molecule has 1 aromatic rings. The Balaban J connectivity index is 1.95. The second-order valence-corrected chi connectivity index (χ2v) is 4.92. The Labute approximate surface area is 114 Å². The van der Waals surface area contributed by atoms with E-state index in [0.29, 0.717) is 6.54 Å². The van der Waals surface area contributed by atoms with Gasteiger partial charge in [0, 0.05) is 25.3 Å². The van der Waals surface area contributed by atoms with E-state index in [-0.39, 0.29) is 11.9 Å². The van der Waals surface area contributed by atoms with Gasteiger partial charge in [-0.1, -0.05) is 0 Å². The van der Waals surface area contributed by atoms with Crippen molar-refractivity contribution in [1.29, 1.82) is 0 Å². The van der Waals surface area contributed by atoms with Crippen LogP contribution in [0, 0.1) is 0 Å². The van der Waals surface area contributed by atoms with E-state index in [1.165, 1.54) is 0 Å². The van der Waals surface area contributed by atoms with Gasteiger partial charge in [-0.25, -0.2) is 0 Å². The van der Waals surface area contributed by atoms with Gasteiger partial charge in [0.25, 0.3) is 0 Å². The van der Waals surface area contributed by atoms with Crippen LogP contribution in [0.3, 0.4) is 0 Å². The van der Waals surface area contributed by atoms with Gasteiger partial charge in [0.15, 0.2) is 5.78 Å². The summed E-state index contributed by atoms with van der Waals surface area (Å²) in [5.74, 6) is 0.921. The van der Waals surface area contributed by atoms with Crippen molar-refractivity contribution in [1.82, 2.24) is 4.90 Å². The molecule has 2 rings (SSSR count). The van der Waals surface area contributed by atoms with Crippen LogP contribution in [-0.4, -0.2) is 50.1 Å². The fourth-order valence-corrected chi connectivity index (χ4v) is 2.30. The number of ketones is 1. The van der Waals surface area contributed by atoms with Gasteiger partial charge in [-0.3, -0.25) is 9.69 Å². The molecule has 4 nitrogen and oxygen atoms in total. The zero-order valence-corrected chi connectivity index (χ0v) is 11.6. The van der Waals surface area contributed by atoms with Gasteiger partial charge in [0.05, 0.1) is 19.8 Å². The third-order valence-electron chi connectivity index (χ3n) is 3.32. The highest BCUT2D eigenvalue weighted by molar-refractivity contribution is 5.97. The lowest BCUT2D eigenvalue weighted by Crippen LogP contribution is -2.34. The lowest BCUT2D eigenvalue weighted by atomic mass is 10.1. The molecule has 1 fully saturated rings. The number of nitrogens with zero attached hydrogens (tertiary/aromatic N) is 1. The summed E-state index contributed by atoms with van der Waals surface area (Å²) in [6, 6.07) is 7.28. The van der Waals surface area contributed by atoms with Crippen LogP contribution in [0.2, 0.25) is 0 Å². The molecule has 1 saturated heterocycles. The van der Waals surface area contributed by atoms with E-state index in [1.807, 2.05) is 24.3 Å². The van der Waals surface area contributed by atoms with E-state index < -0.39 is 0 Å². The number of methoxy groups -OCH3 is 1. The van der Waals surface area contributed by atoms with Crippen LogP contribution in [0.4, 0.5) is 0 Å². The first-order valence-corrected chi connectivity index (χ1v) is 6.70. The SMILES string of the molecule is COc1ccc(C(=O)CN2CCCOC(C)C2)cc1. The molecule has 1 aliphatic heterocycles. The van der Waals surface area contributed by atoms with E-state index in [2.05, 4.69) is 11.8 Å². The zero-order chi connectivity index (χ0) is 13.7. The summed E-state index contributed by atoms with van der Waals surface area (Å²) in [5, 5.41) is 0. The monoisotopic (exact) mass is 263 g/mol. The molecule has 0 spiro atoms.